The second-order valence-electron chi connectivity index (χ2n) is 8.15. The van der Waals surface area contributed by atoms with Crippen LogP contribution in [0.15, 0.2) is 23.3 Å². The first-order chi connectivity index (χ1) is 14.6. The maximum atomic E-state index is 12.2. The number of rotatable bonds is 7. The second-order valence-corrected chi connectivity index (χ2v) is 10.2. The van der Waals surface area contributed by atoms with E-state index >= 15 is 0 Å². The van der Waals surface area contributed by atoms with E-state index in [4.69, 9.17) is 9.73 Å². The molecule has 1 aliphatic heterocycles. The molecule has 3 rings (SSSR count). The van der Waals surface area contributed by atoms with E-state index in [0.29, 0.717) is 17.8 Å². The van der Waals surface area contributed by atoms with E-state index in [1.165, 1.54) is 0 Å². The van der Waals surface area contributed by atoms with Gasteiger partial charge in [0.15, 0.2) is 5.96 Å². The van der Waals surface area contributed by atoms with Gasteiger partial charge in [-0.25, -0.2) is 9.98 Å². The second kappa shape index (κ2) is 11.6. The number of guanidine groups is 1. The average Bonchev–Trinajstić information content (AvgIpc) is 2.77. The molecule has 0 aromatic carbocycles. The van der Waals surface area contributed by atoms with Crippen LogP contribution in [-0.2, 0) is 22.1 Å². The Kier molecular flexibility index (Phi) is 8.93. The highest BCUT2D eigenvalue weighted by molar-refractivity contribution is 7.85. The molecule has 1 aromatic heterocycles. The Morgan fingerprint density at radius 2 is 2.23 bits per heavy atom. The Hall–Kier alpha value is -1.67. The summed E-state index contributed by atoms with van der Waals surface area (Å²) in [5.74, 6) is 2.58. The van der Waals surface area contributed by atoms with Crippen LogP contribution < -0.4 is 15.5 Å². The van der Waals surface area contributed by atoms with Crippen LogP contribution in [0.1, 0.15) is 52.0 Å². The van der Waals surface area contributed by atoms with Gasteiger partial charge < -0.3 is 20.3 Å². The number of hydrogen-bond donors (Lipinski definition) is 2. The average molecular weight is 436 g/mol. The van der Waals surface area contributed by atoms with E-state index < -0.39 is 10.8 Å². The number of aliphatic imine (C=N–C) groups is 1. The van der Waals surface area contributed by atoms with Crippen molar-refractivity contribution in [2.75, 3.05) is 36.9 Å². The van der Waals surface area contributed by atoms with Crippen molar-refractivity contribution in [2.24, 2.45) is 4.99 Å². The van der Waals surface area contributed by atoms with Gasteiger partial charge in [-0.3, -0.25) is 4.21 Å². The summed E-state index contributed by atoms with van der Waals surface area (Å²) < 4.78 is 17.8. The molecule has 2 aliphatic rings. The molecule has 30 heavy (non-hydrogen) atoms. The number of anilines is 1. The van der Waals surface area contributed by atoms with Crippen molar-refractivity contribution in [1.82, 2.24) is 15.6 Å². The van der Waals surface area contributed by atoms with Crippen LogP contribution in [0.25, 0.3) is 0 Å². The standard InChI is InChI=1S/C22H37N5O2S/c1-4-23-22(26-19-7-6-8-20(13-19)30(28)5-2)25-15-18-9-10-21(24-14-18)27-11-12-29-17(3)16-27/h9-10,14,17,19-20H,4-8,11-13,15-16H2,1-3H3,(H2,23,25,26). The number of nitrogens with zero attached hydrogens (tertiary/aromatic N) is 3. The summed E-state index contributed by atoms with van der Waals surface area (Å²) in [6.45, 7) is 10.1. The van der Waals surface area contributed by atoms with Crippen LogP contribution in [-0.4, -0.2) is 64.5 Å². The van der Waals surface area contributed by atoms with Crippen LogP contribution in [0.4, 0.5) is 5.82 Å². The van der Waals surface area contributed by atoms with Crippen LogP contribution in [0.2, 0.25) is 0 Å². The topological polar surface area (TPSA) is 78.8 Å². The molecule has 168 valence electrons. The maximum absolute atomic E-state index is 12.2. The lowest BCUT2D eigenvalue weighted by molar-refractivity contribution is 0.0529. The number of morpholine rings is 1. The summed E-state index contributed by atoms with van der Waals surface area (Å²) >= 11 is 0. The van der Waals surface area contributed by atoms with E-state index in [1.807, 2.05) is 13.1 Å². The number of nitrogens with one attached hydrogen (secondary N) is 2. The zero-order valence-corrected chi connectivity index (χ0v) is 19.4. The summed E-state index contributed by atoms with van der Waals surface area (Å²) in [6.07, 6.45) is 6.43. The molecular weight excluding hydrogens is 398 g/mol. The molecule has 8 heteroatoms. The summed E-state index contributed by atoms with van der Waals surface area (Å²) in [4.78, 5) is 11.7. The molecule has 0 radical (unpaired) electrons. The molecule has 4 unspecified atom stereocenters. The maximum Gasteiger partial charge on any atom is 0.191 e. The smallest absolute Gasteiger partial charge is 0.191 e. The van der Waals surface area contributed by atoms with Crippen molar-refractivity contribution in [3.63, 3.8) is 0 Å². The molecule has 0 bridgehead atoms. The minimum atomic E-state index is -0.713. The quantitative estimate of drug-likeness (QED) is 0.506. The molecule has 7 nitrogen and oxygen atoms in total. The zero-order chi connectivity index (χ0) is 21.3. The van der Waals surface area contributed by atoms with Gasteiger partial charge in [-0.1, -0.05) is 19.4 Å². The van der Waals surface area contributed by atoms with Crippen LogP contribution in [0.3, 0.4) is 0 Å². The monoisotopic (exact) mass is 435 g/mol. The Morgan fingerprint density at radius 1 is 1.37 bits per heavy atom. The molecule has 1 saturated heterocycles. The van der Waals surface area contributed by atoms with Crippen molar-refractivity contribution in [1.29, 1.82) is 0 Å². The van der Waals surface area contributed by atoms with Gasteiger partial charge >= 0.3 is 0 Å². The third kappa shape index (κ3) is 6.67. The molecule has 1 aliphatic carbocycles. The molecule has 0 spiro atoms. The predicted molar refractivity (Wildman–Crippen MR) is 125 cm³/mol. The highest BCUT2D eigenvalue weighted by Crippen LogP contribution is 2.23. The van der Waals surface area contributed by atoms with Gasteiger partial charge in [0, 0.05) is 53.7 Å². The fourth-order valence-electron chi connectivity index (χ4n) is 4.16. The van der Waals surface area contributed by atoms with Crippen LogP contribution >= 0.6 is 0 Å². The Labute approximate surface area is 183 Å². The molecule has 1 saturated carbocycles. The fraction of sp³-hybridized carbons (Fsp3) is 0.727. The summed E-state index contributed by atoms with van der Waals surface area (Å²) in [7, 11) is -0.713. The van der Waals surface area contributed by atoms with Crippen molar-refractivity contribution < 1.29 is 8.95 Å². The number of hydrogen-bond acceptors (Lipinski definition) is 5. The summed E-state index contributed by atoms with van der Waals surface area (Å²) in [6, 6.07) is 4.52. The van der Waals surface area contributed by atoms with Crippen LogP contribution in [0.5, 0.6) is 0 Å². The third-order valence-electron chi connectivity index (χ3n) is 5.76. The van der Waals surface area contributed by atoms with E-state index in [9.17, 15) is 4.21 Å². The number of pyridine rings is 1. The van der Waals surface area contributed by atoms with Gasteiger partial charge in [-0.2, -0.15) is 0 Å². The van der Waals surface area contributed by atoms with Gasteiger partial charge in [-0.15, -0.1) is 0 Å². The first-order valence-corrected chi connectivity index (χ1v) is 12.7. The first kappa shape index (κ1) is 23.0. The van der Waals surface area contributed by atoms with Crippen LogP contribution in [0, 0.1) is 0 Å². The highest BCUT2D eigenvalue weighted by atomic mass is 32.2. The normalized spacial score (nSPS) is 26.3. The van der Waals surface area contributed by atoms with Gasteiger partial charge in [0.1, 0.15) is 5.82 Å². The van der Waals surface area contributed by atoms with E-state index in [1.54, 1.807) is 0 Å². The third-order valence-corrected chi connectivity index (χ3v) is 7.50. The first-order valence-electron chi connectivity index (χ1n) is 11.3. The van der Waals surface area contributed by atoms with Crippen molar-refractivity contribution >= 4 is 22.6 Å². The molecule has 2 heterocycles. The Morgan fingerprint density at radius 3 is 2.93 bits per heavy atom. The summed E-state index contributed by atoms with van der Waals surface area (Å²) in [5, 5.41) is 7.22. The van der Waals surface area contributed by atoms with E-state index in [-0.39, 0.29) is 6.10 Å². The largest absolute Gasteiger partial charge is 0.375 e. The molecule has 2 fully saturated rings. The lowest BCUT2D eigenvalue weighted by Gasteiger charge is -2.32. The molecule has 4 atom stereocenters. The molecule has 1 aromatic rings. The Bertz CT molecular complexity index is 712. The molecule has 0 amide bonds. The fourth-order valence-corrected chi connectivity index (χ4v) is 5.51. The minimum absolute atomic E-state index is 0.243. The van der Waals surface area contributed by atoms with Crippen molar-refractivity contribution in [3.05, 3.63) is 23.9 Å². The van der Waals surface area contributed by atoms with E-state index in [0.717, 1.165) is 75.0 Å². The van der Waals surface area contributed by atoms with Crippen molar-refractivity contribution in [3.8, 4) is 0 Å². The van der Waals surface area contributed by atoms with Crippen molar-refractivity contribution in [2.45, 2.75) is 70.4 Å². The number of ether oxygens (including phenoxy) is 1. The van der Waals surface area contributed by atoms with Gasteiger partial charge in [-0.05, 0) is 44.7 Å². The SMILES string of the molecule is CCNC(=NCc1ccc(N2CCOC(C)C2)nc1)NC1CCCC(S(=O)CC)C1. The molecular formula is C22H37N5O2S. The van der Waals surface area contributed by atoms with Gasteiger partial charge in [0.2, 0.25) is 0 Å². The molecule has 2 N–H and O–H groups in total. The predicted octanol–water partition coefficient (Wildman–Crippen LogP) is 2.44. The van der Waals surface area contributed by atoms with E-state index in [2.05, 4.69) is 46.5 Å². The highest BCUT2D eigenvalue weighted by Gasteiger charge is 2.26. The lowest BCUT2D eigenvalue weighted by atomic mass is 9.95. The summed E-state index contributed by atoms with van der Waals surface area (Å²) in [5.41, 5.74) is 1.09. The minimum Gasteiger partial charge on any atom is -0.375 e. The number of aromatic nitrogens is 1. The Balaban J connectivity index is 1.57. The lowest BCUT2D eigenvalue weighted by Crippen LogP contribution is -2.46. The van der Waals surface area contributed by atoms with Gasteiger partial charge in [0.05, 0.1) is 19.3 Å². The zero-order valence-electron chi connectivity index (χ0n) is 18.6. The van der Waals surface area contributed by atoms with Gasteiger partial charge in [0.25, 0.3) is 0 Å².